The number of likely N-dealkylation sites (tertiary alicyclic amines) is 1. The van der Waals surface area contributed by atoms with Crippen LogP contribution in [0.25, 0.3) is 10.6 Å². The van der Waals surface area contributed by atoms with Gasteiger partial charge in [0.05, 0.1) is 6.04 Å². The van der Waals surface area contributed by atoms with Crippen molar-refractivity contribution in [2.75, 3.05) is 11.9 Å². The molecule has 0 unspecified atom stereocenters. The molecule has 2 amide bonds. The molecule has 0 spiro atoms. The van der Waals surface area contributed by atoms with Gasteiger partial charge in [-0.15, -0.1) is 11.3 Å². The van der Waals surface area contributed by atoms with Crippen molar-refractivity contribution in [2.45, 2.75) is 18.9 Å². The summed E-state index contributed by atoms with van der Waals surface area (Å²) < 4.78 is 0. The predicted molar refractivity (Wildman–Crippen MR) is 99.6 cm³/mol. The van der Waals surface area contributed by atoms with Crippen LogP contribution in [0.1, 0.15) is 24.4 Å². The molecule has 1 saturated heterocycles. The van der Waals surface area contributed by atoms with Gasteiger partial charge >= 0.3 is 6.03 Å². The van der Waals surface area contributed by atoms with E-state index in [0.29, 0.717) is 0 Å². The summed E-state index contributed by atoms with van der Waals surface area (Å²) in [6.45, 7) is 0.809. The minimum atomic E-state index is -0.0225. The molecule has 24 heavy (non-hydrogen) atoms. The van der Waals surface area contributed by atoms with Gasteiger partial charge in [-0.05, 0) is 59.5 Å². The molecule has 2 aromatic heterocycles. The highest BCUT2D eigenvalue weighted by Gasteiger charge is 2.30. The Morgan fingerprint density at radius 3 is 2.79 bits per heavy atom. The number of benzene rings is 1. The first-order valence-electron chi connectivity index (χ1n) is 7.91. The summed E-state index contributed by atoms with van der Waals surface area (Å²) in [5.74, 6) is 0. The molecule has 4 rings (SSSR count). The second-order valence-corrected chi connectivity index (χ2v) is 7.43. The van der Waals surface area contributed by atoms with Crippen LogP contribution in [-0.2, 0) is 0 Å². The van der Waals surface area contributed by atoms with Gasteiger partial charge in [-0.25, -0.2) is 9.78 Å². The summed E-state index contributed by atoms with van der Waals surface area (Å²) in [4.78, 5) is 18.9. The number of amides is 2. The van der Waals surface area contributed by atoms with Crippen LogP contribution < -0.4 is 5.32 Å². The van der Waals surface area contributed by atoms with Crippen LogP contribution in [0.15, 0.2) is 52.7 Å². The molecule has 1 aliphatic heterocycles. The molecule has 1 atom stereocenters. The smallest absolute Gasteiger partial charge is 0.317 e. The average molecular weight is 355 g/mol. The highest BCUT2D eigenvalue weighted by Crippen LogP contribution is 2.33. The number of hydrogen-bond donors (Lipinski definition) is 1. The maximum Gasteiger partial charge on any atom is 0.322 e. The van der Waals surface area contributed by atoms with Crippen molar-refractivity contribution in [3.05, 3.63) is 58.2 Å². The Balaban J connectivity index is 1.46. The normalized spacial score (nSPS) is 17.2. The van der Waals surface area contributed by atoms with E-state index in [-0.39, 0.29) is 12.1 Å². The van der Waals surface area contributed by atoms with Crippen molar-refractivity contribution in [2.24, 2.45) is 0 Å². The lowest BCUT2D eigenvalue weighted by molar-refractivity contribution is 0.207. The van der Waals surface area contributed by atoms with Crippen molar-refractivity contribution in [1.29, 1.82) is 0 Å². The van der Waals surface area contributed by atoms with Gasteiger partial charge in [-0.1, -0.05) is 0 Å². The van der Waals surface area contributed by atoms with Gasteiger partial charge in [-0.3, -0.25) is 0 Å². The Bertz CT molecular complexity index is 797. The van der Waals surface area contributed by atoms with E-state index >= 15 is 0 Å². The summed E-state index contributed by atoms with van der Waals surface area (Å²) in [5, 5.41) is 10.2. The molecule has 0 aliphatic carbocycles. The van der Waals surface area contributed by atoms with Gasteiger partial charge < -0.3 is 10.2 Å². The summed E-state index contributed by atoms with van der Waals surface area (Å²) >= 11 is 3.29. The van der Waals surface area contributed by atoms with Gasteiger partial charge in [0, 0.05) is 29.4 Å². The minimum Gasteiger partial charge on any atom is -0.317 e. The van der Waals surface area contributed by atoms with E-state index in [1.54, 1.807) is 28.9 Å². The van der Waals surface area contributed by atoms with E-state index < -0.39 is 0 Å². The quantitative estimate of drug-likeness (QED) is 0.698. The average Bonchev–Trinajstić information content (AvgIpc) is 3.35. The Labute approximate surface area is 148 Å². The molecular formula is C18H17N3OS2. The number of thiazole rings is 1. The Kier molecular flexibility index (Phi) is 4.32. The van der Waals surface area contributed by atoms with E-state index in [9.17, 15) is 4.79 Å². The molecule has 1 N–H and O–H groups in total. The van der Waals surface area contributed by atoms with Gasteiger partial charge in [0.2, 0.25) is 0 Å². The van der Waals surface area contributed by atoms with Crippen molar-refractivity contribution >= 4 is 34.4 Å². The molecule has 3 heterocycles. The molecule has 1 aromatic carbocycles. The van der Waals surface area contributed by atoms with Gasteiger partial charge in [0.25, 0.3) is 0 Å². The second-order valence-electron chi connectivity index (χ2n) is 5.75. The summed E-state index contributed by atoms with van der Waals surface area (Å²) in [7, 11) is 0. The van der Waals surface area contributed by atoms with Crippen LogP contribution in [0.2, 0.25) is 0 Å². The Morgan fingerprint density at radius 1 is 1.21 bits per heavy atom. The number of hydrogen-bond acceptors (Lipinski definition) is 4. The number of anilines is 1. The standard InChI is InChI=1S/C18H17N3OS2/c22-18(21-9-1-2-16(21)14-7-10-23-12-14)20-15-5-3-13(4-6-15)17-19-8-11-24-17/h3-8,10-12,16H,1-2,9H2,(H,20,22)/t16-/m0/s1. The maximum atomic E-state index is 12.6. The lowest BCUT2D eigenvalue weighted by atomic mass is 10.1. The molecule has 122 valence electrons. The number of aromatic nitrogens is 1. The number of thiophene rings is 1. The van der Waals surface area contributed by atoms with Crippen molar-refractivity contribution in [1.82, 2.24) is 9.88 Å². The fourth-order valence-electron chi connectivity index (χ4n) is 3.08. The summed E-state index contributed by atoms with van der Waals surface area (Å²) in [6.07, 6.45) is 3.89. The van der Waals surface area contributed by atoms with E-state index in [1.807, 2.05) is 34.5 Å². The summed E-state index contributed by atoms with van der Waals surface area (Å²) in [6, 6.07) is 10.2. The first kappa shape index (κ1) is 15.4. The van der Waals surface area contributed by atoms with Crippen LogP contribution in [0, 0.1) is 0 Å². The molecule has 0 saturated carbocycles. The van der Waals surface area contributed by atoms with Crippen LogP contribution in [-0.4, -0.2) is 22.5 Å². The molecule has 1 fully saturated rings. The third-order valence-corrected chi connectivity index (χ3v) is 5.78. The Hall–Kier alpha value is -2.18. The van der Waals surface area contributed by atoms with Crippen LogP contribution >= 0.6 is 22.7 Å². The number of nitrogens with zero attached hydrogens (tertiary/aromatic N) is 2. The predicted octanol–water partition coefficient (Wildman–Crippen LogP) is 5.24. The number of nitrogens with one attached hydrogen (secondary N) is 1. The lowest BCUT2D eigenvalue weighted by Gasteiger charge is -2.24. The summed E-state index contributed by atoms with van der Waals surface area (Å²) in [5.41, 5.74) is 3.13. The number of urea groups is 1. The monoisotopic (exact) mass is 355 g/mol. The van der Waals surface area contributed by atoms with Gasteiger partial charge in [0.15, 0.2) is 0 Å². The van der Waals surface area contributed by atoms with E-state index in [1.165, 1.54) is 5.56 Å². The number of carbonyl (C=O) groups excluding carboxylic acids is 1. The van der Waals surface area contributed by atoms with Gasteiger partial charge in [-0.2, -0.15) is 11.3 Å². The van der Waals surface area contributed by atoms with Crippen LogP contribution in [0.5, 0.6) is 0 Å². The maximum absolute atomic E-state index is 12.6. The van der Waals surface area contributed by atoms with E-state index in [0.717, 1.165) is 35.6 Å². The topological polar surface area (TPSA) is 45.2 Å². The SMILES string of the molecule is O=C(Nc1ccc(-c2nccs2)cc1)N1CCC[C@H]1c1ccsc1. The first-order valence-corrected chi connectivity index (χ1v) is 9.73. The van der Waals surface area contributed by atoms with E-state index in [4.69, 9.17) is 0 Å². The van der Waals surface area contributed by atoms with Crippen molar-refractivity contribution in [3.63, 3.8) is 0 Å². The molecule has 4 nitrogen and oxygen atoms in total. The molecule has 3 aromatic rings. The highest BCUT2D eigenvalue weighted by atomic mass is 32.1. The molecule has 0 bridgehead atoms. The van der Waals surface area contributed by atoms with Crippen molar-refractivity contribution in [3.8, 4) is 10.6 Å². The van der Waals surface area contributed by atoms with Gasteiger partial charge in [0.1, 0.15) is 5.01 Å². The third kappa shape index (κ3) is 3.07. The fourth-order valence-corrected chi connectivity index (χ4v) is 4.43. The molecule has 1 aliphatic rings. The zero-order chi connectivity index (χ0) is 16.4. The molecule has 6 heteroatoms. The van der Waals surface area contributed by atoms with Crippen LogP contribution in [0.3, 0.4) is 0 Å². The lowest BCUT2D eigenvalue weighted by Crippen LogP contribution is -2.34. The fraction of sp³-hybridized carbons (Fsp3) is 0.222. The molecular weight excluding hydrogens is 338 g/mol. The largest absolute Gasteiger partial charge is 0.322 e. The minimum absolute atomic E-state index is 0.0225. The number of carbonyl (C=O) groups is 1. The first-order chi connectivity index (χ1) is 11.8. The highest BCUT2D eigenvalue weighted by molar-refractivity contribution is 7.13. The molecule has 0 radical (unpaired) electrons. The second kappa shape index (κ2) is 6.75. The van der Waals surface area contributed by atoms with Crippen molar-refractivity contribution < 1.29 is 4.79 Å². The zero-order valence-corrected chi connectivity index (χ0v) is 14.6. The van der Waals surface area contributed by atoms with Crippen LogP contribution in [0.4, 0.5) is 10.5 Å². The zero-order valence-electron chi connectivity index (χ0n) is 13.0. The third-order valence-electron chi connectivity index (χ3n) is 4.26. The van der Waals surface area contributed by atoms with E-state index in [2.05, 4.69) is 27.1 Å². The Morgan fingerprint density at radius 2 is 2.08 bits per heavy atom. The number of rotatable bonds is 3.